The van der Waals surface area contributed by atoms with Gasteiger partial charge < -0.3 is 15.0 Å². The number of ether oxygens (including phenoxy) is 1. The molecule has 2 amide bonds. The Morgan fingerprint density at radius 1 is 1.15 bits per heavy atom. The maximum atomic E-state index is 13.3. The third-order valence-electron chi connectivity index (χ3n) is 7.27. The van der Waals surface area contributed by atoms with Gasteiger partial charge in [-0.3, -0.25) is 14.5 Å². The topological polar surface area (TPSA) is 99.3 Å². The van der Waals surface area contributed by atoms with Crippen molar-refractivity contribution in [1.82, 2.24) is 14.1 Å². The van der Waals surface area contributed by atoms with Gasteiger partial charge >= 0.3 is 0 Å². The first-order valence-corrected chi connectivity index (χ1v) is 13.7. The molecule has 188 valence electrons. The fraction of sp³-hybridized carbons (Fsp3) is 0.667. The van der Waals surface area contributed by atoms with Crippen LogP contribution in [0.3, 0.4) is 0 Å². The lowest BCUT2D eigenvalue weighted by Crippen LogP contribution is -2.54. The van der Waals surface area contributed by atoms with Crippen molar-refractivity contribution in [1.29, 1.82) is 0 Å². The van der Waals surface area contributed by atoms with E-state index in [2.05, 4.69) is 10.2 Å². The molecule has 34 heavy (non-hydrogen) atoms. The van der Waals surface area contributed by atoms with Gasteiger partial charge in [0.1, 0.15) is 5.75 Å². The van der Waals surface area contributed by atoms with Crippen molar-refractivity contribution in [3.8, 4) is 5.75 Å². The zero-order valence-electron chi connectivity index (χ0n) is 20.4. The number of hydrogen-bond acceptors (Lipinski definition) is 6. The van der Waals surface area contributed by atoms with Gasteiger partial charge in [0.2, 0.25) is 15.9 Å². The number of sulfonamides is 1. The summed E-state index contributed by atoms with van der Waals surface area (Å²) in [6, 6.07) is 3.68. The van der Waals surface area contributed by atoms with E-state index in [0.717, 1.165) is 17.4 Å². The zero-order chi connectivity index (χ0) is 24.5. The van der Waals surface area contributed by atoms with Crippen molar-refractivity contribution >= 4 is 27.5 Å². The predicted octanol–water partition coefficient (Wildman–Crippen LogP) is 2.20. The summed E-state index contributed by atoms with van der Waals surface area (Å²) < 4.78 is 33.5. The van der Waals surface area contributed by atoms with Crippen molar-refractivity contribution in [3.05, 3.63) is 17.7 Å². The third-order valence-corrected chi connectivity index (χ3v) is 9.22. The third kappa shape index (κ3) is 5.08. The van der Waals surface area contributed by atoms with Crippen molar-refractivity contribution < 1.29 is 22.7 Å². The Morgan fingerprint density at radius 3 is 2.47 bits per heavy atom. The summed E-state index contributed by atoms with van der Waals surface area (Å²) in [7, 11) is -2.49. The number of aryl methyl sites for hydroxylation is 1. The highest BCUT2D eigenvalue weighted by Gasteiger charge is 2.33. The van der Waals surface area contributed by atoms with Crippen LogP contribution in [0.15, 0.2) is 17.0 Å². The van der Waals surface area contributed by atoms with Crippen LogP contribution in [-0.4, -0.2) is 86.3 Å². The van der Waals surface area contributed by atoms with E-state index in [4.69, 9.17) is 4.74 Å². The van der Waals surface area contributed by atoms with E-state index in [1.165, 1.54) is 45.2 Å². The molecule has 0 aromatic heterocycles. The van der Waals surface area contributed by atoms with Crippen LogP contribution in [0.5, 0.6) is 5.75 Å². The second-order valence-corrected chi connectivity index (χ2v) is 11.6. The molecule has 2 heterocycles. The predicted molar refractivity (Wildman–Crippen MR) is 129 cm³/mol. The Morgan fingerprint density at radius 2 is 1.82 bits per heavy atom. The minimum Gasteiger partial charge on any atom is -0.478 e. The van der Waals surface area contributed by atoms with Crippen LogP contribution in [-0.2, 0) is 19.6 Å². The number of rotatable bonds is 6. The molecule has 1 saturated heterocycles. The smallest absolute Gasteiger partial charge is 0.265 e. The number of carbonyl (C=O) groups is 2. The molecule has 2 fully saturated rings. The first-order chi connectivity index (χ1) is 16.2. The van der Waals surface area contributed by atoms with Crippen molar-refractivity contribution in [3.63, 3.8) is 0 Å². The molecule has 1 aromatic carbocycles. The highest BCUT2D eigenvalue weighted by molar-refractivity contribution is 7.89. The quantitative estimate of drug-likeness (QED) is 0.654. The number of benzene rings is 1. The standard InChI is InChI=1S/C24H36N4O5S/c1-4-20-24(30)25-19-14-17(2)22(15-21(19)33-20)34(31,32)26(3)16-23(29)28-12-10-27(11-13-28)18-8-6-5-7-9-18/h14-15,18,20H,4-13,16H2,1-3H3,(H,25,30). The number of fused-ring (bicyclic) bond motifs is 1. The van der Waals surface area contributed by atoms with E-state index < -0.39 is 16.1 Å². The Hall–Kier alpha value is -2.17. The minimum absolute atomic E-state index is 0.0784. The summed E-state index contributed by atoms with van der Waals surface area (Å²) in [5.74, 6) is -0.0926. The van der Waals surface area contributed by atoms with Gasteiger partial charge in [-0.05, 0) is 37.8 Å². The van der Waals surface area contributed by atoms with Crippen LogP contribution in [0.4, 0.5) is 5.69 Å². The lowest BCUT2D eigenvalue weighted by molar-refractivity contribution is -0.133. The fourth-order valence-electron chi connectivity index (χ4n) is 5.16. The van der Waals surface area contributed by atoms with Crippen molar-refractivity contribution in [2.24, 2.45) is 0 Å². The Balaban J connectivity index is 1.40. The average molecular weight is 493 g/mol. The molecule has 3 aliphatic rings. The molecule has 1 aliphatic carbocycles. The Labute approximate surface area is 202 Å². The monoisotopic (exact) mass is 492 g/mol. The molecule has 1 N–H and O–H groups in total. The van der Waals surface area contributed by atoms with Crippen LogP contribution in [0.2, 0.25) is 0 Å². The van der Waals surface area contributed by atoms with Crippen molar-refractivity contribution in [2.75, 3.05) is 45.1 Å². The van der Waals surface area contributed by atoms with Gasteiger partial charge in [-0.25, -0.2) is 8.42 Å². The molecule has 0 radical (unpaired) electrons. The summed E-state index contributed by atoms with van der Waals surface area (Å²) >= 11 is 0. The van der Waals surface area contributed by atoms with Gasteiger partial charge in [0, 0.05) is 45.3 Å². The minimum atomic E-state index is -3.92. The number of amides is 2. The lowest BCUT2D eigenvalue weighted by atomic mass is 9.94. The molecule has 4 rings (SSSR count). The van der Waals surface area contributed by atoms with Crippen LogP contribution >= 0.6 is 0 Å². The lowest BCUT2D eigenvalue weighted by Gasteiger charge is -2.41. The van der Waals surface area contributed by atoms with Gasteiger partial charge in [-0.2, -0.15) is 4.31 Å². The zero-order valence-corrected chi connectivity index (χ0v) is 21.2. The fourth-order valence-corrected chi connectivity index (χ4v) is 6.50. The summed E-state index contributed by atoms with van der Waals surface area (Å²) in [6.07, 6.45) is 6.18. The van der Waals surface area contributed by atoms with Crippen LogP contribution in [0, 0.1) is 6.92 Å². The molecule has 9 nitrogen and oxygen atoms in total. The van der Waals surface area contributed by atoms with E-state index in [1.807, 2.05) is 6.92 Å². The SMILES string of the molecule is CCC1Oc2cc(S(=O)(=O)N(C)CC(=O)N3CCN(C4CCCCC4)CC3)c(C)cc2NC1=O. The Bertz CT molecular complexity index is 1030. The van der Waals surface area contributed by atoms with Gasteiger partial charge in [-0.15, -0.1) is 0 Å². The molecule has 1 unspecified atom stereocenters. The highest BCUT2D eigenvalue weighted by Crippen LogP contribution is 2.35. The number of likely N-dealkylation sites (N-methyl/N-ethyl adjacent to an activating group) is 1. The van der Waals surface area contributed by atoms with E-state index >= 15 is 0 Å². The molecule has 1 saturated carbocycles. The number of nitrogens with zero attached hydrogens (tertiary/aromatic N) is 3. The normalized spacial score (nSPS) is 22.3. The van der Waals surface area contributed by atoms with Crippen LogP contribution in [0.1, 0.15) is 51.0 Å². The van der Waals surface area contributed by atoms with Crippen LogP contribution < -0.4 is 10.1 Å². The number of hydrogen-bond donors (Lipinski definition) is 1. The summed E-state index contributed by atoms with van der Waals surface area (Å²) in [4.78, 5) is 29.3. The maximum Gasteiger partial charge on any atom is 0.265 e. The number of piperazine rings is 1. The highest BCUT2D eigenvalue weighted by atomic mass is 32.2. The maximum absolute atomic E-state index is 13.3. The molecule has 1 atom stereocenters. The average Bonchev–Trinajstić information content (AvgIpc) is 2.83. The number of nitrogens with one attached hydrogen (secondary N) is 1. The largest absolute Gasteiger partial charge is 0.478 e. The second kappa shape index (κ2) is 10.2. The second-order valence-electron chi connectivity index (χ2n) is 9.59. The van der Waals surface area contributed by atoms with E-state index in [0.29, 0.717) is 42.6 Å². The number of anilines is 1. The molecule has 1 aromatic rings. The van der Waals surface area contributed by atoms with Crippen LogP contribution in [0.25, 0.3) is 0 Å². The molecule has 0 spiro atoms. The summed E-state index contributed by atoms with van der Waals surface area (Å²) in [6.45, 7) is 6.25. The van der Waals surface area contributed by atoms with Gasteiger partial charge in [0.05, 0.1) is 17.1 Å². The van der Waals surface area contributed by atoms with E-state index in [1.54, 1.807) is 17.9 Å². The molecule has 0 bridgehead atoms. The van der Waals surface area contributed by atoms with Gasteiger partial charge in [0.25, 0.3) is 5.91 Å². The summed E-state index contributed by atoms with van der Waals surface area (Å²) in [5.41, 5.74) is 0.943. The molecule has 2 aliphatic heterocycles. The molecular weight excluding hydrogens is 456 g/mol. The number of carbonyl (C=O) groups excluding carboxylic acids is 2. The Kier molecular flexibility index (Phi) is 7.49. The van der Waals surface area contributed by atoms with Crippen molar-refractivity contribution in [2.45, 2.75) is 69.4 Å². The summed E-state index contributed by atoms with van der Waals surface area (Å²) in [5, 5.41) is 2.77. The van der Waals surface area contributed by atoms with E-state index in [9.17, 15) is 18.0 Å². The van der Waals surface area contributed by atoms with Gasteiger partial charge in [0.15, 0.2) is 6.10 Å². The first-order valence-electron chi connectivity index (χ1n) is 12.3. The first kappa shape index (κ1) is 24.9. The van der Waals surface area contributed by atoms with Gasteiger partial charge in [-0.1, -0.05) is 26.2 Å². The molecular formula is C24H36N4O5S. The van der Waals surface area contributed by atoms with E-state index in [-0.39, 0.29) is 23.3 Å². The molecule has 10 heteroatoms.